The van der Waals surface area contributed by atoms with Gasteiger partial charge in [0.15, 0.2) is 0 Å². The molecule has 29 heavy (non-hydrogen) atoms. The summed E-state index contributed by atoms with van der Waals surface area (Å²) in [6.45, 7) is 2.51. The molecule has 1 aliphatic heterocycles. The van der Waals surface area contributed by atoms with E-state index in [-0.39, 0.29) is 5.91 Å². The van der Waals surface area contributed by atoms with Crippen molar-refractivity contribution in [1.29, 1.82) is 0 Å². The SMILES string of the molecule is CN(C)CCN(C)c1ccccc1/C=C1\SCCN(c2ccc(Cl)c(Cl)c2)C1=O. The van der Waals surface area contributed by atoms with Gasteiger partial charge in [0.1, 0.15) is 0 Å². The molecule has 7 heteroatoms. The molecule has 0 aliphatic carbocycles. The Bertz CT molecular complexity index is 917. The first-order valence-corrected chi connectivity index (χ1v) is 11.2. The van der Waals surface area contributed by atoms with E-state index in [2.05, 4.69) is 43.1 Å². The molecule has 0 N–H and O–H groups in total. The Morgan fingerprint density at radius 1 is 1.07 bits per heavy atom. The second kappa shape index (κ2) is 9.90. The molecule has 0 unspecified atom stereocenters. The van der Waals surface area contributed by atoms with Crippen LogP contribution in [0.4, 0.5) is 11.4 Å². The van der Waals surface area contributed by atoms with Crippen LogP contribution in [0.2, 0.25) is 10.0 Å². The van der Waals surface area contributed by atoms with Gasteiger partial charge < -0.3 is 14.7 Å². The summed E-state index contributed by atoms with van der Waals surface area (Å²) < 4.78 is 0. The molecule has 0 bridgehead atoms. The van der Waals surface area contributed by atoms with Crippen molar-refractivity contribution in [2.45, 2.75) is 0 Å². The largest absolute Gasteiger partial charge is 0.373 e. The maximum atomic E-state index is 13.2. The van der Waals surface area contributed by atoms with E-state index in [1.807, 2.05) is 24.3 Å². The predicted molar refractivity (Wildman–Crippen MR) is 128 cm³/mol. The van der Waals surface area contributed by atoms with Crippen molar-refractivity contribution in [2.24, 2.45) is 0 Å². The number of amides is 1. The van der Waals surface area contributed by atoms with Gasteiger partial charge >= 0.3 is 0 Å². The first kappa shape index (κ1) is 22.0. The van der Waals surface area contributed by atoms with E-state index in [1.165, 1.54) is 0 Å². The summed E-state index contributed by atoms with van der Waals surface area (Å²) in [4.78, 5) is 20.0. The van der Waals surface area contributed by atoms with Gasteiger partial charge in [-0.05, 0) is 50.0 Å². The number of hydrogen-bond donors (Lipinski definition) is 0. The summed E-state index contributed by atoms with van der Waals surface area (Å²) in [6.07, 6.45) is 2.00. The molecule has 0 atom stereocenters. The van der Waals surface area contributed by atoms with Gasteiger partial charge in [-0.1, -0.05) is 41.4 Å². The molecule has 1 saturated heterocycles. The second-order valence-corrected chi connectivity index (χ2v) is 9.15. The van der Waals surface area contributed by atoms with Gasteiger partial charge in [-0.25, -0.2) is 0 Å². The Hall–Kier alpha value is -1.66. The van der Waals surface area contributed by atoms with Crippen LogP contribution >= 0.6 is 35.0 Å². The summed E-state index contributed by atoms with van der Waals surface area (Å²) in [5.74, 6) is 0.821. The quantitative estimate of drug-likeness (QED) is 0.572. The van der Waals surface area contributed by atoms with E-state index in [0.29, 0.717) is 16.6 Å². The number of anilines is 2. The fourth-order valence-electron chi connectivity index (χ4n) is 3.11. The number of para-hydroxylation sites is 1. The molecule has 0 saturated carbocycles. The number of benzene rings is 2. The lowest BCUT2D eigenvalue weighted by atomic mass is 10.1. The van der Waals surface area contributed by atoms with Crippen LogP contribution < -0.4 is 9.80 Å². The van der Waals surface area contributed by atoms with Gasteiger partial charge in [0.05, 0.1) is 15.0 Å². The van der Waals surface area contributed by atoms with Crippen molar-refractivity contribution in [3.63, 3.8) is 0 Å². The Morgan fingerprint density at radius 2 is 1.83 bits per heavy atom. The Kier molecular flexibility index (Phi) is 7.52. The average Bonchev–Trinajstić information content (AvgIpc) is 2.70. The topological polar surface area (TPSA) is 26.8 Å². The molecule has 2 aromatic carbocycles. The van der Waals surface area contributed by atoms with Crippen LogP contribution in [0.15, 0.2) is 47.4 Å². The molecule has 1 fully saturated rings. The van der Waals surface area contributed by atoms with Crippen molar-refractivity contribution >= 4 is 58.3 Å². The molecule has 1 aliphatic rings. The maximum Gasteiger partial charge on any atom is 0.264 e. The predicted octanol–water partition coefficient (Wildman–Crippen LogP) is 5.11. The number of carbonyl (C=O) groups is 1. The standard InChI is InChI=1S/C22H25Cl2N3OS/c1-25(2)10-11-26(3)20-7-5-4-6-16(20)14-21-22(28)27(12-13-29-21)17-8-9-18(23)19(24)15-17/h4-9,14-15H,10-13H2,1-3H3/b21-14-. The van der Waals surface area contributed by atoms with Crippen LogP contribution in [0.5, 0.6) is 0 Å². The minimum atomic E-state index is -0.00890. The van der Waals surface area contributed by atoms with Gasteiger partial charge in [-0.15, -0.1) is 11.8 Å². The van der Waals surface area contributed by atoms with Crippen molar-refractivity contribution in [1.82, 2.24) is 4.90 Å². The Balaban J connectivity index is 1.86. The minimum absolute atomic E-state index is 0.00890. The average molecular weight is 450 g/mol. The smallest absolute Gasteiger partial charge is 0.264 e. The van der Waals surface area contributed by atoms with Crippen LogP contribution in [0.25, 0.3) is 6.08 Å². The number of likely N-dealkylation sites (N-methyl/N-ethyl adjacent to an activating group) is 2. The van der Waals surface area contributed by atoms with E-state index in [4.69, 9.17) is 23.2 Å². The fourth-order valence-corrected chi connectivity index (χ4v) is 4.34. The molecule has 2 aromatic rings. The Morgan fingerprint density at radius 3 is 2.55 bits per heavy atom. The van der Waals surface area contributed by atoms with Gasteiger partial charge in [0.2, 0.25) is 0 Å². The van der Waals surface area contributed by atoms with Gasteiger partial charge in [0.25, 0.3) is 5.91 Å². The first-order chi connectivity index (χ1) is 13.9. The molecule has 0 radical (unpaired) electrons. The third-order valence-electron chi connectivity index (χ3n) is 4.76. The maximum absolute atomic E-state index is 13.2. The van der Waals surface area contributed by atoms with Crippen LogP contribution in [0.3, 0.4) is 0 Å². The molecule has 1 heterocycles. The summed E-state index contributed by atoms with van der Waals surface area (Å²) in [5.41, 5.74) is 2.93. The van der Waals surface area contributed by atoms with Crippen molar-refractivity contribution < 1.29 is 4.79 Å². The van der Waals surface area contributed by atoms with Gasteiger partial charge in [0, 0.05) is 43.8 Å². The fraction of sp³-hybridized carbons (Fsp3) is 0.318. The van der Waals surface area contributed by atoms with Crippen molar-refractivity contribution in [3.8, 4) is 0 Å². The van der Waals surface area contributed by atoms with Crippen LogP contribution in [-0.4, -0.2) is 57.3 Å². The number of carbonyl (C=O) groups excluding carboxylic acids is 1. The zero-order valence-corrected chi connectivity index (χ0v) is 19.2. The summed E-state index contributed by atoms with van der Waals surface area (Å²) in [7, 11) is 6.21. The molecular formula is C22H25Cl2N3OS. The molecule has 1 amide bonds. The van der Waals surface area contributed by atoms with Crippen LogP contribution in [-0.2, 0) is 4.79 Å². The lowest BCUT2D eigenvalue weighted by molar-refractivity contribution is -0.114. The summed E-state index contributed by atoms with van der Waals surface area (Å²) in [6, 6.07) is 13.5. The van der Waals surface area contributed by atoms with Gasteiger partial charge in [-0.2, -0.15) is 0 Å². The highest BCUT2D eigenvalue weighted by Crippen LogP contribution is 2.34. The minimum Gasteiger partial charge on any atom is -0.373 e. The first-order valence-electron chi connectivity index (χ1n) is 9.43. The number of nitrogens with zero attached hydrogens (tertiary/aromatic N) is 3. The van der Waals surface area contributed by atoms with E-state index in [0.717, 1.165) is 40.7 Å². The van der Waals surface area contributed by atoms with E-state index in [9.17, 15) is 4.79 Å². The number of rotatable bonds is 6. The van der Waals surface area contributed by atoms with Gasteiger partial charge in [-0.3, -0.25) is 4.79 Å². The molecule has 0 spiro atoms. The van der Waals surface area contributed by atoms with E-state index >= 15 is 0 Å². The molecule has 0 aromatic heterocycles. The summed E-state index contributed by atoms with van der Waals surface area (Å²) in [5, 5.41) is 0.938. The van der Waals surface area contributed by atoms with Crippen LogP contribution in [0.1, 0.15) is 5.56 Å². The monoisotopic (exact) mass is 449 g/mol. The summed E-state index contributed by atoms with van der Waals surface area (Å²) >= 11 is 13.8. The van der Waals surface area contributed by atoms with E-state index in [1.54, 1.807) is 28.8 Å². The van der Waals surface area contributed by atoms with Crippen molar-refractivity contribution in [2.75, 3.05) is 56.3 Å². The Labute approximate surface area is 187 Å². The molecule has 154 valence electrons. The zero-order chi connectivity index (χ0) is 21.0. The zero-order valence-electron chi connectivity index (χ0n) is 16.9. The molecule has 3 rings (SSSR count). The lowest BCUT2D eigenvalue weighted by Gasteiger charge is -2.29. The third kappa shape index (κ3) is 5.48. The highest BCUT2D eigenvalue weighted by atomic mass is 35.5. The highest BCUT2D eigenvalue weighted by molar-refractivity contribution is 8.04. The second-order valence-electron chi connectivity index (χ2n) is 7.20. The number of halogens is 2. The third-order valence-corrected chi connectivity index (χ3v) is 6.49. The van der Waals surface area contributed by atoms with Crippen LogP contribution in [0, 0.1) is 0 Å². The number of hydrogen-bond acceptors (Lipinski definition) is 4. The van der Waals surface area contributed by atoms with E-state index < -0.39 is 0 Å². The van der Waals surface area contributed by atoms with Crippen molar-refractivity contribution in [3.05, 3.63) is 63.0 Å². The number of thioether (sulfide) groups is 1. The molecule has 4 nitrogen and oxygen atoms in total. The highest BCUT2D eigenvalue weighted by Gasteiger charge is 2.26. The lowest BCUT2D eigenvalue weighted by Crippen LogP contribution is -2.37. The molecular weight excluding hydrogens is 425 g/mol. The normalized spacial score (nSPS) is 16.0.